The minimum atomic E-state index is -0.343. The van der Waals surface area contributed by atoms with Crippen molar-refractivity contribution in [2.24, 2.45) is 0 Å². The number of thiocarbonyl (C=S) groups is 1. The summed E-state index contributed by atoms with van der Waals surface area (Å²) in [5.41, 5.74) is 2.50. The van der Waals surface area contributed by atoms with E-state index in [0.29, 0.717) is 16.6 Å². The summed E-state index contributed by atoms with van der Waals surface area (Å²) >= 11 is 6.58. The number of benzene rings is 2. The van der Waals surface area contributed by atoms with Crippen molar-refractivity contribution in [3.63, 3.8) is 0 Å². The van der Waals surface area contributed by atoms with Gasteiger partial charge < -0.3 is 19.5 Å². The molecule has 2 aromatic carbocycles. The highest BCUT2D eigenvalue weighted by molar-refractivity contribution is 7.80. The predicted molar refractivity (Wildman–Crippen MR) is 127 cm³/mol. The minimum absolute atomic E-state index is 0.164. The van der Waals surface area contributed by atoms with E-state index >= 15 is 0 Å². The normalized spacial score (nSPS) is 10.5. The maximum absolute atomic E-state index is 12.1. The molecule has 0 spiro atoms. The zero-order valence-electron chi connectivity index (χ0n) is 17.2. The highest BCUT2D eigenvalue weighted by atomic mass is 32.1. The molecule has 160 valence electrons. The van der Waals surface area contributed by atoms with Crippen LogP contribution in [0.3, 0.4) is 0 Å². The number of nitrogens with zero attached hydrogens (tertiary/aromatic N) is 1. The van der Waals surface area contributed by atoms with Crippen LogP contribution in [-0.2, 0) is 4.79 Å². The van der Waals surface area contributed by atoms with Crippen molar-refractivity contribution in [1.82, 2.24) is 10.3 Å². The summed E-state index contributed by atoms with van der Waals surface area (Å²) in [6, 6.07) is 12.9. The quantitative estimate of drug-likeness (QED) is 0.405. The van der Waals surface area contributed by atoms with Gasteiger partial charge in [-0.2, -0.15) is 0 Å². The van der Waals surface area contributed by atoms with Crippen LogP contribution in [0.25, 0.3) is 17.3 Å². The maximum atomic E-state index is 12.1. The summed E-state index contributed by atoms with van der Waals surface area (Å²) in [4.78, 5) is 16.6. The Morgan fingerprint density at radius 3 is 2.45 bits per heavy atom. The Hall–Kier alpha value is -3.43. The zero-order valence-corrected chi connectivity index (χ0v) is 18.8. The smallest absolute Gasteiger partial charge is 0.250 e. The van der Waals surface area contributed by atoms with Crippen molar-refractivity contribution >= 4 is 45.8 Å². The molecule has 31 heavy (non-hydrogen) atoms. The summed E-state index contributed by atoms with van der Waals surface area (Å²) in [6.07, 6.45) is 3.10. The fraction of sp³-hybridized carbons (Fsp3) is 0.136. The molecule has 7 nitrogen and oxygen atoms in total. The second-order valence-electron chi connectivity index (χ2n) is 6.16. The van der Waals surface area contributed by atoms with Crippen molar-refractivity contribution in [1.29, 1.82) is 0 Å². The molecule has 2 N–H and O–H groups in total. The molecule has 0 aliphatic heterocycles. The Kier molecular flexibility index (Phi) is 7.58. The third-order valence-corrected chi connectivity index (χ3v) is 5.15. The van der Waals surface area contributed by atoms with Gasteiger partial charge in [0.1, 0.15) is 5.75 Å². The van der Waals surface area contributed by atoms with E-state index in [-0.39, 0.29) is 11.0 Å². The standard InChI is InChI=1S/C22H21N3O4S2/c1-27-16-8-4-14(5-9-16)6-11-20(26)24-21(30)25-22-23-17(13-31-22)15-7-10-18(28-2)19(12-15)29-3/h4-13H,1-3H3,(H2,23,24,25,26,30). The Morgan fingerprint density at radius 2 is 1.77 bits per heavy atom. The van der Waals surface area contributed by atoms with Crippen LogP contribution in [0.15, 0.2) is 53.9 Å². The molecule has 1 aromatic heterocycles. The molecule has 0 aliphatic carbocycles. The number of rotatable bonds is 7. The molecule has 1 heterocycles. The Morgan fingerprint density at radius 1 is 1.03 bits per heavy atom. The van der Waals surface area contributed by atoms with E-state index in [0.717, 1.165) is 22.6 Å². The third kappa shape index (κ3) is 6.03. The highest BCUT2D eigenvalue weighted by Crippen LogP contribution is 2.33. The number of methoxy groups -OCH3 is 3. The van der Waals surface area contributed by atoms with Crippen LogP contribution in [0.5, 0.6) is 17.2 Å². The van der Waals surface area contributed by atoms with E-state index in [4.69, 9.17) is 26.4 Å². The van der Waals surface area contributed by atoms with Crippen molar-refractivity contribution in [3.05, 3.63) is 59.5 Å². The molecule has 0 fully saturated rings. The molecular formula is C22H21N3O4S2. The second kappa shape index (κ2) is 10.6. The summed E-state index contributed by atoms with van der Waals surface area (Å²) in [5, 5.41) is 8.15. The molecular weight excluding hydrogens is 434 g/mol. The number of nitrogens with one attached hydrogen (secondary N) is 2. The predicted octanol–water partition coefficient (Wildman–Crippen LogP) is 4.36. The molecule has 0 bridgehead atoms. The summed E-state index contributed by atoms with van der Waals surface area (Å²) in [6.45, 7) is 0. The summed E-state index contributed by atoms with van der Waals surface area (Å²) in [7, 11) is 4.77. The number of aromatic nitrogens is 1. The first-order valence-electron chi connectivity index (χ1n) is 9.14. The lowest BCUT2D eigenvalue weighted by molar-refractivity contribution is -0.115. The molecule has 3 rings (SSSR count). The van der Waals surface area contributed by atoms with E-state index in [1.807, 2.05) is 47.8 Å². The molecule has 0 saturated heterocycles. The maximum Gasteiger partial charge on any atom is 0.250 e. The highest BCUT2D eigenvalue weighted by Gasteiger charge is 2.10. The van der Waals surface area contributed by atoms with Gasteiger partial charge in [-0.1, -0.05) is 12.1 Å². The molecule has 0 atom stereocenters. The molecule has 3 aromatic rings. The molecule has 0 radical (unpaired) electrons. The first-order valence-corrected chi connectivity index (χ1v) is 10.4. The van der Waals surface area contributed by atoms with Crippen LogP contribution < -0.4 is 24.8 Å². The molecule has 0 aliphatic rings. The van der Waals surface area contributed by atoms with Gasteiger partial charge in [0.05, 0.1) is 27.0 Å². The van der Waals surface area contributed by atoms with Gasteiger partial charge in [-0.3, -0.25) is 10.1 Å². The number of hydrogen-bond donors (Lipinski definition) is 2. The van der Waals surface area contributed by atoms with Gasteiger partial charge in [-0.25, -0.2) is 4.98 Å². The fourth-order valence-corrected chi connectivity index (χ4v) is 3.61. The molecule has 0 unspecified atom stereocenters. The van der Waals surface area contributed by atoms with Crippen LogP contribution in [0.2, 0.25) is 0 Å². The van der Waals surface area contributed by atoms with E-state index in [9.17, 15) is 4.79 Å². The number of ether oxygens (including phenoxy) is 3. The SMILES string of the molecule is COc1ccc(C=CC(=O)NC(=S)Nc2nc(-c3ccc(OC)c(OC)c3)cs2)cc1. The van der Waals surface area contributed by atoms with Gasteiger partial charge in [0.25, 0.3) is 0 Å². The van der Waals surface area contributed by atoms with Gasteiger partial charge in [0.2, 0.25) is 5.91 Å². The Labute approximate surface area is 189 Å². The van der Waals surface area contributed by atoms with Crippen LogP contribution in [-0.4, -0.2) is 37.3 Å². The lowest BCUT2D eigenvalue weighted by Gasteiger charge is -2.08. The number of amides is 1. The van der Waals surface area contributed by atoms with E-state index < -0.39 is 0 Å². The minimum Gasteiger partial charge on any atom is -0.497 e. The van der Waals surface area contributed by atoms with Crippen molar-refractivity contribution < 1.29 is 19.0 Å². The number of hydrogen-bond acceptors (Lipinski definition) is 7. The third-order valence-electron chi connectivity index (χ3n) is 4.18. The Bertz CT molecular complexity index is 1090. The van der Waals surface area contributed by atoms with E-state index in [1.54, 1.807) is 27.4 Å². The first-order chi connectivity index (χ1) is 15.0. The van der Waals surface area contributed by atoms with Crippen molar-refractivity contribution in [2.45, 2.75) is 0 Å². The lowest BCUT2D eigenvalue weighted by Crippen LogP contribution is -2.32. The van der Waals surface area contributed by atoms with E-state index in [1.165, 1.54) is 17.4 Å². The zero-order chi connectivity index (χ0) is 22.2. The lowest BCUT2D eigenvalue weighted by atomic mass is 10.1. The average Bonchev–Trinajstić information content (AvgIpc) is 3.25. The molecule has 0 saturated carbocycles. The van der Waals surface area contributed by atoms with Crippen LogP contribution in [0.1, 0.15) is 5.56 Å². The fourth-order valence-electron chi connectivity index (χ4n) is 2.63. The van der Waals surface area contributed by atoms with E-state index in [2.05, 4.69) is 15.6 Å². The topological polar surface area (TPSA) is 81.7 Å². The van der Waals surface area contributed by atoms with Crippen LogP contribution in [0, 0.1) is 0 Å². The van der Waals surface area contributed by atoms with Crippen molar-refractivity contribution in [2.75, 3.05) is 26.6 Å². The number of thiazole rings is 1. The second-order valence-corrected chi connectivity index (χ2v) is 7.42. The average molecular weight is 456 g/mol. The summed E-state index contributed by atoms with van der Waals surface area (Å²) < 4.78 is 15.7. The van der Waals surface area contributed by atoms with Crippen LogP contribution >= 0.6 is 23.6 Å². The van der Waals surface area contributed by atoms with Gasteiger partial charge >= 0.3 is 0 Å². The largest absolute Gasteiger partial charge is 0.497 e. The molecule has 1 amide bonds. The number of anilines is 1. The van der Waals surface area contributed by atoms with Crippen molar-refractivity contribution in [3.8, 4) is 28.5 Å². The van der Waals surface area contributed by atoms with Gasteiger partial charge in [0, 0.05) is 17.0 Å². The number of carbonyl (C=O) groups is 1. The monoisotopic (exact) mass is 455 g/mol. The first kappa shape index (κ1) is 22.3. The van der Waals surface area contributed by atoms with Gasteiger partial charge in [-0.05, 0) is 54.2 Å². The molecule has 9 heteroatoms. The summed E-state index contributed by atoms with van der Waals surface area (Å²) in [5.74, 6) is 1.67. The number of carbonyl (C=O) groups excluding carboxylic acids is 1. The van der Waals surface area contributed by atoms with Crippen LogP contribution in [0.4, 0.5) is 5.13 Å². The Balaban J connectivity index is 1.58. The van der Waals surface area contributed by atoms with Gasteiger partial charge in [0.15, 0.2) is 21.7 Å². The van der Waals surface area contributed by atoms with Gasteiger partial charge in [-0.15, -0.1) is 11.3 Å².